The van der Waals surface area contributed by atoms with Gasteiger partial charge in [0.2, 0.25) is 5.95 Å². The number of hydrogen-bond acceptors (Lipinski definition) is 7. The molecule has 4 aromatic rings. The Kier molecular flexibility index (Phi) is 4.78. The lowest BCUT2D eigenvalue weighted by molar-refractivity contribution is 0.0714. The van der Waals surface area contributed by atoms with Crippen molar-refractivity contribution in [3.05, 3.63) is 60.2 Å². The van der Waals surface area contributed by atoms with Crippen LogP contribution in [0.25, 0.3) is 11.0 Å². The van der Waals surface area contributed by atoms with Gasteiger partial charge in [0.05, 0.1) is 17.8 Å². The van der Waals surface area contributed by atoms with E-state index in [0.29, 0.717) is 43.7 Å². The van der Waals surface area contributed by atoms with Crippen LogP contribution in [0, 0.1) is 6.92 Å². The number of amides is 1. The minimum atomic E-state index is -0.0885. The van der Waals surface area contributed by atoms with E-state index in [-0.39, 0.29) is 5.91 Å². The standard InChI is InChI=1S/C22H23N7O2/c1-15-5-7-16(8-6-15)24-19-17-14-23-27(2)20(17)26-22(25-19)29-11-9-28(10-12-29)21(30)18-4-3-13-31-18/h3-8,13-14H,9-12H2,1-2H3,(H,24,25,26). The molecule has 1 saturated heterocycles. The molecule has 0 unspecified atom stereocenters. The first kappa shape index (κ1) is 19.1. The molecule has 3 aromatic heterocycles. The van der Waals surface area contributed by atoms with Crippen molar-refractivity contribution in [2.24, 2.45) is 7.05 Å². The predicted octanol–water partition coefficient (Wildman–Crippen LogP) is 2.97. The number of benzene rings is 1. The van der Waals surface area contributed by atoms with Crippen LogP contribution in [-0.2, 0) is 7.05 Å². The Labute approximate surface area is 179 Å². The van der Waals surface area contributed by atoms with Gasteiger partial charge in [-0.2, -0.15) is 15.1 Å². The van der Waals surface area contributed by atoms with E-state index in [0.717, 1.165) is 16.7 Å². The van der Waals surface area contributed by atoms with E-state index < -0.39 is 0 Å². The van der Waals surface area contributed by atoms with E-state index in [1.165, 1.54) is 11.8 Å². The highest BCUT2D eigenvalue weighted by Crippen LogP contribution is 2.27. The van der Waals surface area contributed by atoms with Gasteiger partial charge in [-0.3, -0.25) is 9.48 Å². The van der Waals surface area contributed by atoms with Gasteiger partial charge in [0.15, 0.2) is 11.4 Å². The summed E-state index contributed by atoms with van der Waals surface area (Å²) in [6, 6.07) is 11.6. The molecule has 31 heavy (non-hydrogen) atoms. The number of anilines is 3. The first-order valence-electron chi connectivity index (χ1n) is 10.2. The van der Waals surface area contributed by atoms with Gasteiger partial charge in [-0.1, -0.05) is 17.7 Å². The van der Waals surface area contributed by atoms with Crippen molar-refractivity contribution < 1.29 is 9.21 Å². The van der Waals surface area contributed by atoms with Gasteiger partial charge < -0.3 is 19.5 Å². The first-order valence-corrected chi connectivity index (χ1v) is 10.2. The largest absolute Gasteiger partial charge is 0.459 e. The van der Waals surface area contributed by atoms with Gasteiger partial charge in [0.25, 0.3) is 5.91 Å². The molecule has 0 saturated carbocycles. The third-order valence-corrected chi connectivity index (χ3v) is 5.48. The second-order valence-electron chi connectivity index (χ2n) is 7.63. The number of aromatic nitrogens is 4. The molecule has 0 aliphatic carbocycles. The Morgan fingerprint density at radius 3 is 2.55 bits per heavy atom. The summed E-state index contributed by atoms with van der Waals surface area (Å²) < 4.78 is 6.99. The summed E-state index contributed by atoms with van der Waals surface area (Å²) in [6.45, 7) is 4.49. The zero-order valence-corrected chi connectivity index (χ0v) is 17.4. The molecule has 4 heterocycles. The highest BCUT2D eigenvalue weighted by atomic mass is 16.3. The number of piperazine rings is 1. The molecule has 0 spiro atoms. The van der Waals surface area contributed by atoms with Gasteiger partial charge in [0.1, 0.15) is 5.82 Å². The van der Waals surface area contributed by atoms with E-state index in [1.54, 1.807) is 27.9 Å². The average molecular weight is 417 g/mol. The summed E-state index contributed by atoms with van der Waals surface area (Å²) in [5, 5.41) is 8.62. The summed E-state index contributed by atoms with van der Waals surface area (Å²) in [6.07, 6.45) is 3.29. The lowest BCUT2D eigenvalue weighted by atomic mass is 10.2. The van der Waals surface area contributed by atoms with Crippen LogP contribution >= 0.6 is 0 Å². The van der Waals surface area contributed by atoms with Gasteiger partial charge in [-0.15, -0.1) is 0 Å². The van der Waals surface area contributed by atoms with E-state index >= 15 is 0 Å². The molecule has 0 atom stereocenters. The molecule has 0 bridgehead atoms. The third-order valence-electron chi connectivity index (χ3n) is 5.48. The molecule has 1 aliphatic heterocycles. The second kappa shape index (κ2) is 7.75. The molecule has 9 heteroatoms. The number of aryl methyl sites for hydroxylation is 2. The number of hydrogen-bond donors (Lipinski definition) is 1. The van der Waals surface area contributed by atoms with Gasteiger partial charge in [0, 0.05) is 38.9 Å². The Morgan fingerprint density at radius 2 is 1.84 bits per heavy atom. The van der Waals surface area contributed by atoms with Crippen LogP contribution in [0.4, 0.5) is 17.5 Å². The van der Waals surface area contributed by atoms with Crippen LogP contribution < -0.4 is 10.2 Å². The van der Waals surface area contributed by atoms with Crippen LogP contribution in [0.2, 0.25) is 0 Å². The quantitative estimate of drug-likeness (QED) is 0.546. The lowest BCUT2D eigenvalue weighted by Crippen LogP contribution is -2.49. The Bertz CT molecular complexity index is 1210. The minimum Gasteiger partial charge on any atom is -0.459 e. The summed E-state index contributed by atoms with van der Waals surface area (Å²) in [7, 11) is 1.87. The summed E-state index contributed by atoms with van der Waals surface area (Å²) in [5.74, 6) is 1.61. The van der Waals surface area contributed by atoms with Crippen molar-refractivity contribution in [2.45, 2.75) is 6.92 Å². The Hall–Kier alpha value is -3.88. The number of fused-ring (bicyclic) bond motifs is 1. The van der Waals surface area contributed by atoms with E-state index in [1.807, 2.05) is 19.2 Å². The molecule has 1 fully saturated rings. The smallest absolute Gasteiger partial charge is 0.289 e. The van der Waals surface area contributed by atoms with Crippen LogP contribution in [0.3, 0.4) is 0 Å². The minimum absolute atomic E-state index is 0.0885. The predicted molar refractivity (Wildman–Crippen MR) is 118 cm³/mol. The maximum absolute atomic E-state index is 12.5. The third kappa shape index (κ3) is 3.70. The number of nitrogens with zero attached hydrogens (tertiary/aromatic N) is 6. The van der Waals surface area contributed by atoms with Gasteiger partial charge in [-0.25, -0.2) is 0 Å². The second-order valence-corrected chi connectivity index (χ2v) is 7.63. The number of carbonyl (C=O) groups is 1. The van der Waals surface area contributed by atoms with Crippen molar-refractivity contribution >= 4 is 34.4 Å². The summed E-state index contributed by atoms with van der Waals surface area (Å²) >= 11 is 0. The fourth-order valence-corrected chi connectivity index (χ4v) is 3.69. The molecule has 0 radical (unpaired) electrons. The monoisotopic (exact) mass is 417 g/mol. The van der Waals surface area contributed by atoms with Gasteiger partial charge in [-0.05, 0) is 31.2 Å². The summed E-state index contributed by atoms with van der Waals surface area (Å²) in [4.78, 5) is 26.0. The average Bonchev–Trinajstić information content (AvgIpc) is 3.46. The van der Waals surface area contributed by atoms with E-state index in [9.17, 15) is 4.79 Å². The molecular weight excluding hydrogens is 394 g/mol. The number of carbonyl (C=O) groups excluding carboxylic acids is 1. The fourth-order valence-electron chi connectivity index (χ4n) is 3.69. The number of rotatable bonds is 4. The number of furan rings is 1. The molecule has 1 amide bonds. The van der Waals surface area contributed by atoms with Crippen LogP contribution in [0.5, 0.6) is 0 Å². The molecular formula is C22H23N7O2. The number of nitrogens with one attached hydrogen (secondary N) is 1. The van der Waals surface area contributed by atoms with Crippen molar-refractivity contribution in [3.8, 4) is 0 Å². The zero-order chi connectivity index (χ0) is 21.4. The fraction of sp³-hybridized carbons (Fsp3) is 0.273. The Balaban J connectivity index is 1.39. The SMILES string of the molecule is Cc1ccc(Nc2nc(N3CCN(C(=O)c4ccco4)CC3)nc3c2cnn3C)cc1. The highest BCUT2D eigenvalue weighted by molar-refractivity contribution is 5.92. The topological polar surface area (TPSA) is 92.3 Å². The highest BCUT2D eigenvalue weighted by Gasteiger charge is 2.26. The van der Waals surface area contributed by atoms with Crippen molar-refractivity contribution in [1.82, 2.24) is 24.6 Å². The lowest BCUT2D eigenvalue weighted by Gasteiger charge is -2.34. The van der Waals surface area contributed by atoms with Crippen LogP contribution in [0.15, 0.2) is 53.3 Å². The molecule has 1 aromatic carbocycles. The maximum atomic E-state index is 12.5. The van der Waals surface area contributed by atoms with Gasteiger partial charge >= 0.3 is 0 Å². The van der Waals surface area contributed by atoms with E-state index in [4.69, 9.17) is 14.4 Å². The first-order chi connectivity index (χ1) is 15.1. The molecule has 9 nitrogen and oxygen atoms in total. The molecule has 1 N–H and O–H groups in total. The molecule has 158 valence electrons. The van der Waals surface area contributed by atoms with Crippen molar-refractivity contribution in [2.75, 3.05) is 36.4 Å². The summed E-state index contributed by atoms with van der Waals surface area (Å²) in [5.41, 5.74) is 2.91. The van der Waals surface area contributed by atoms with Crippen LogP contribution in [-0.4, -0.2) is 56.7 Å². The van der Waals surface area contributed by atoms with Crippen molar-refractivity contribution in [3.63, 3.8) is 0 Å². The molecule has 1 aliphatic rings. The van der Waals surface area contributed by atoms with E-state index in [2.05, 4.69) is 34.4 Å². The normalized spacial score (nSPS) is 14.3. The Morgan fingerprint density at radius 1 is 1.06 bits per heavy atom. The zero-order valence-electron chi connectivity index (χ0n) is 17.4. The van der Waals surface area contributed by atoms with Crippen molar-refractivity contribution in [1.29, 1.82) is 0 Å². The van der Waals surface area contributed by atoms with Crippen LogP contribution in [0.1, 0.15) is 16.1 Å². The maximum Gasteiger partial charge on any atom is 0.289 e. The molecule has 5 rings (SSSR count).